The van der Waals surface area contributed by atoms with Gasteiger partial charge in [-0.15, -0.1) is 0 Å². The van der Waals surface area contributed by atoms with E-state index < -0.39 is 36.1 Å². The Balaban J connectivity index is 1.89. The molecule has 0 unspecified atom stereocenters. The minimum atomic E-state index is -4.53. The first-order chi connectivity index (χ1) is 17.1. The van der Waals surface area contributed by atoms with Crippen LogP contribution in [0.1, 0.15) is 17.5 Å². The number of methoxy groups -OCH3 is 2. The lowest BCUT2D eigenvalue weighted by molar-refractivity contribution is -0.139. The first kappa shape index (κ1) is 28.1. The number of carbonyl (C=O) groups is 3. The molecule has 0 aliphatic heterocycles. The van der Waals surface area contributed by atoms with Crippen molar-refractivity contribution >= 4 is 29.6 Å². The highest BCUT2D eigenvalue weighted by Gasteiger charge is 2.30. The van der Waals surface area contributed by atoms with Gasteiger partial charge in [0.15, 0.2) is 18.1 Å². The van der Waals surface area contributed by atoms with Crippen LogP contribution < -0.4 is 25.5 Å². The molecule has 36 heavy (non-hydrogen) atoms. The molecule has 0 radical (unpaired) electrons. The molecule has 2 aromatic carbocycles. The number of hydrogen-bond donors (Lipinski definition) is 3. The minimum absolute atomic E-state index is 0.0253. The predicted octanol–water partition coefficient (Wildman–Crippen LogP) is 2.33. The summed E-state index contributed by atoms with van der Waals surface area (Å²) in [6.45, 7) is 0.234. The number of hydrogen-bond acceptors (Lipinski definition) is 7. The number of halogens is 3. The lowest BCUT2D eigenvalue weighted by atomic mass is 10.2. The number of ether oxygens (including phenoxy) is 3. The zero-order chi connectivity index (χ0) is 26.6. The summed E-state index contributed by atoms with van der Waals surface area (Å²) < 4.78 is 53.9. The highest BCUT2D eigenvalue weighted by Crippen LogP contribution is 2.31. The highest BCUT2D eigenvalue weighted by molar-refractivity contribution is 6.35. The van der Waals surface area contributed by atoms with Crippen LogP contribution in [-0.4, -0.2) is 57.9 Å². The molecule has 0 saturated heterocycles. The van der Waals surface area contributed by atoms with Crippen molar-refractivity contribution in [2.75, 3.05) is 39.3 Å². The molecule has 0 bridgehead atoms. The van der Waals surface area contributed by atoms with Gasteiger partial charge in [-0.05, 0) is 48.4 Å². The van der Waals surface area contributed by atoms with E-state index in [0.29, 0.717) is 18.6 Å². The second-order valence-corrected chi connectivity index (χ2v) is 7.13. The first-order valence-electron chi connectivity index (χ1n) is 10.5. The number of nitrogens with zero attached hydrogens (tertiary/aromatic N) is 1. The van der Waals surface area contributed by atoms with E-state index >= 15 is 0 Å². The Morgan fingerprint density at radius 2 is 1.81 bits per heavy atom. The molecule has 2 rings (SSSR count). The molecule has 0 aliphatic rings. The molecule has 10 nitrogen and oxygen atoms in total. The summed E-state index contributed by atoms with van der Waals surface area (Å²) in [6.07, 6.45) is -2.71. The average molecular weight is 510 g/mol. The lowest BCUT2D eigenvalue weighted by Crippen LogP contribution is -2.38. The van der Waals surface area contributed by atoms with Crippen LogP contribution in [0.3, 0.4) is 0 Å². The Kier molecular flexibility index (Phi) is 10.7. The van der Waals surface area contributed by atoms with E-state index in [9.17, 15) is 27.6 Å². The smallest absolute Gasteiger partial charge is 0.416 e. The van der Waals surface area contributed by atoms with Gasteiger partial charge in [0.1, 0.15) is 0 Å². The van der Waals surface area contributed by atoms with Crippen LogP contribution in [-0.2, 0) is 25.3 Å². The summed E-state index contributed by atoms with van der Waals surface area (Å²) in [4.78, 5) is 35.5. The van der Waals surface area contributed by atoms with E-state index in [1.165, 1.54) is 44.7 Å². The normalized spacial score (nSPS) is 11.1. The summed E-state index contributed by atoms with van der Waals surface area (Å²) in [7, 11) is 2.89. The van der Waals surface area contributed by atoms with Crippen LogP contribution >= 0.6 is 0 Å². The number of carbonyl (C=O) groups excluding carboxylic acids is 3. The summed E-state index contributed by atoms with van der Waals surface area (Å²) in [5, 5.41) is 8.46. The van der Waals surface area contributed by atoms with Gasteiger partial charge in [-0.1, -0.05) is 6.07 Å². The van der Waals surface area contributed by atoms with E-state index in [-0.39, 0.29) is 23.7 Å². The van der Waals surface area contributed by atoms with Crippen LogP contribution in [0, 0.1) is 0 Å². The second-order valence-electron chi connectivity index (χ2n) is 7.13. The largest absolute Gasteiger partial charge is 0.493 e. The van der Waals surface area contributed by atoms with Gasteiger partial charge >= 0.3 is 18.0 Å². The molecular weight excluding hydrogens is 485 g/mol. The third-order valence-corrected chi connectivity index (χ3v) is 4.42. The number of benzene rings is 2. The fourth-order valence-electron chi connectivity index (χ4n) is 2.71. The molecule has 13 heteroatoms. The molecular formula is C23H25F3N4O6. The monoisotopic (exact) mass is 510 g/mol. The zero-order valence-corrected chi connectivity index (χ0v) is 19.5. The second kappa shape index (κ2) is 13.7. The van der Waals surface area contributed by atoms with Crippen LogP contribution in [0.5, 0.6) is 11.5 Å². The summed E-state index contributed by atoms with van der Waals surface area (Å²) in [6, 6.07) is 8.74. The number of anilines is 1. The van der Waals surface area contributed by atoms with E-state index in [1.54, 1.807) is 6.07 Å². The van der Waals surface area contributed by atoms with Gasteiger partial charge in [0, 0.05) is 25.9 Å². The molecule has 0 aliphatic carbocycles. The van der Waals surface area contributed by atoms with Gasteiger partial charge < -0.3 is 24.8 Å². The first-order valence-corrected chi connectivity index (χ1v) is 10.5. The summed E-state index contributed by atoms with van der Waals surface area (Å²) >= 11 is 0. The summed E-state index contributed by atoms with van der Waals surface area (Å²) in [5.41, 5.74) is 1.66. The predicted molar refractivity (Wildman–Crippen MR) is 124 cm³/mol. The maximum atomic E-state index is 12.8. The number of nitrogens with one attached hydrogen (secondary N) is 3. The number of hydrazone groups is 1. The minimum Gasteiger partial charge on any atom is -0.493 e. The van der Waals surface area contributed by atoms with E-state index in [2.05, 4.69) is 21.2 Å². The van der Waals surface area contributed by atoms with Crippen molar-refractivity contribution in [1.29, 1.82) is 0 Å². The fourth-order valence-corrected chi connectivity index (χ4v) is 2.71. The Hall–Kier alpha value is -4.13. The van der Waals surface area contributed by atoms with Gasteiger partial charge in [0.05, 0.1) is 18.9 Å². The standard InChI is InChI=1S/C23H25F3N4O6/c1-34-10-4-9-27-21(32)22(33)30-28-13-15-7-8-18(19(11-15)35-2)36-14-20(31)29-17-6-3-5-16(12-17)23(24,25)26/h3,5-8,11-13H,4,9-10,14H2,1-2H3,(H,27,32)(H,29,31)(H,30,33)/b28-13-. The Morgan fingerprint density at radius 1 is 1.03 bits per heavy atom. The maximum Gasteiger partial charge on any atom is 0.416 e. The topological polar surface area (TPSA) is 127 Å². The van der Waals surface area contributed by atoms with Crippen molar-refractivity contribution in [2.24, 2.45) is 5.10 Å². The maximum absolute atomic E-state index is 12.8. The highest BCUT2D eigenvalue weighted by atomic mass is 19.4. The van der Waals surface area contributed by atoms with Gasteiger partial charge in [0.25, 0.3) is 5.91 Å². The zero-order valence-electron chi connectivity index (χ0n) is 19.5. The van der Waals surface area contributed by atoms with E-state index in [4.69, 9.17) is 14.2 Å². The fraction of sp³-hybridized carbons (Fsp3) is 0.304. The SMILES string of the molecule is COCCCNC(=O)C(=O)N/N=C\c1ccc(OCC(=O)Nc2cccc(C(F)(F)F)c2)c(OC)c1. The van der Waals surface area contributed by atoms with Crippen LogP contribution in [0.15, 0.2) is 47.6 Å². The van der Waals surface area contributed by atoms with Crippen LogP contribution in [0.2, 0.25) is 0 Å². The van der Waals surface area contributed by atoms with E-state index in [0.717, 1.165) is 12.1 Å². The van der Waals surface area contributed by atoms with Gasteiger partial charge in [-0.3, -0.25) is 14.4 Å². The summed E-state index contributed by atoms with van der Waals surface area (Å²) in [5.74, 6) is -2.04. The van der Waals surface area contributed by atoms with Gasteiger partial charge in [0.2, 0.25) is 0 Å². The van der Waals surface area contributed by atoms with E-state index in [1.807, 2.05) is 0 Å². The van der Waals surface area contributed by atoms with Crippen molar-refractivity contribution < 1.29 is 41.8 Å². The molecule has 3 amide bonds. The van der Waals surface area contributed by atoms with Crippen molar-refractivity contribution in [3.05, 3.63) is 53.6 Å². The molecule has 0 fully saturated rings. The average Bonchev–Trinajstić information content (AvgIpc) is 2.85. The lowest BCUT2D eigenvalue weighted by Gasteiger charge is -2.12. The number of rotatable bonds is 11. The van der Waals surface area contributed by atoms with Crippen molar-refractivity contribution in [1.82, 2.24) is 10.7 Å². The van der Waals surface area contributed by atoms with Crippen LogP contribution in [0.4, 0.5) is 18.9 Å². The molecule has 0 aromatic heterocycles. The van der Waals surface area contributed by atoms with Gasteiger partial charge in [-0.2, -0.15) is 18.3 Å². The molecule has 0 atom stereocenters. The van der Waals surface area contributed by atoms with Crippen LogP contribution in [0.25, 0.3) is 0 Å². The molecule has 0 spiro atoms. The number of amides is 3. The van der Waals surface area contributed by atoms with Crippen molar-refractivity contribution in [2.45, 2.75) is 12.6 Å². The quantitative estimate of drug-likeness (QED) is 0.184. The van der Waals surface area contributed by atoms with Crippen molar-refractivity contribution in [3.8, 4) is 11.5 Å². The number of alkyl halides is 3. The molecule has 3 N–H and O–H groups in total. The molecule has 194 valence electrons. The van der Waals surface area contributed by atoms with Crippen molar-refractivity contribution in [3.63, 3.8) is 0 Å². The Morgan fingerprint density at radius 3 is 2.50 bits per heavy atom. The third kappa shape index (κ3) is 9.25. The molecule has 0 heterocycles. The Labute approximate surface area is 204 Å². The third-order valence-electron chi connectivity index (χ3n) is 4.42. The Bertz CT molecular complexity index is 1090. The molecule has 0 saturated carbocycles. The van der Waals surface area contributed by atoms with Gasteiger partial charge in [-0.25, -0.2) is 5.43 Å². The molecule has 2 aromatic rings.